The van der Waals surface area contributed by atoms with Crippen LogP contribution in [0.5, 0.6) is 5.75 Å². The van der Waals surface area contributed by atoms with Gasteiger partial charge in [0.2, 0.25) is 5.91 Å². The first-order chi connectivity index (χ1) is 12.5. The van der Waals surface area contributed by atoms with Crippen LogP contribution in [0.25, 0.3) is 10.2 Å². The summed E-state index contributed by atoms with van der Waals surface area (Å²) in [6.07, 6.45) is 0. The Bertz CT molecular complexity index is 1050. The molecule has 3 rings (SSSR count). The van der Waals surface area contributed by atoms with Crippen molar-refractivity contribution in [3.63, 3.8) is 0 Å². The van der Waals surface area contributed by atoms with Crippen LogP contribution in [-0.2, 0) is 24.4 Å². The zero-order valence-electron chi connectivity index (χ0n) is 14.5. The molecule has 2 heterocycles. The van der Waals surface area contributed by atoms with Crippen LogP contribution in [0.1, 0.15) is 12.5 Å². The topological polar surface area (TPSA) is 82.3 Å². The van der Waals surface area contributed by atoms with E-state index >= 15 is 0 Å². The number of thiophene rings is 1. The van der Waals surface area contributed by atoms with Gasteiger partial charge in [-0.3, -0.25) is 18.7 Å². The summed E-state index contributed by atoms with van der Waals surface area (Å²) in [5.74, 6) is 0.449. The molecule has 0 radical (unpaired) electrons. The average Bonchev–Trinajstić information content (AvgIpc) is 3.14. The smallest absolute Gasteiger partial charge is 0.331 e. The zero-order chi connectivity index (χ0) is 18.7. The largest absolute Gasteiger partial charge is 0.497 e. The maximum absolute atomic E-state index is 12.5. The number of carbonyl (C=O) groups excluding carboxylic acids is 1. The first-order valence-corrected chi connectivity index (χ1v) is 9.03. The number of benzene rings is 1. The van der Waals surface area contributed by atoms with E-state index in [1.165, 1.54) is 15.9 Å². The Hall–Kier alpha value is -2.87. The Labute approximate surface area is 153 Å². The van der Waals surface area contributed by atoms with E-state index in [1.807, 2.05) is 24.3 Å². The van der Waals surface area contributed by atoms with Gasteiger partial charge in [-0.05, 0) is 36.1 Å². The Balaban J connectivity index is 1.80. The number of methoxy groups -OCH3 is 1. The number of hydrogen-bond acceptors (Lipinski definition) is 5. The molecule has 7 nitrogen and oxygen atoms in total. The highest BCUT2D eigenvalue weighted by Gasteiger charge is 2.15. The van der Waals surface area contributed by atoms with E-state index in [0.29, 0.717) is 16.8 Å². The predicted octanol–water partition coefficient (Wildman–Crippen LogP) is 1.57. The highest BCUT2D eigenvalue weighted by atomic mass is 32.1. The lowest BCUT2D eigenvalue weighted by Gasteiger charge is -2.11. The molecule has 2 aromatic heterocycles. The van der Waals surface area contributed by atoms with Gasteiger partial charge in [0, 0.05) is 13.1 Å². The summed E-state index contributed by atoms with van der Waals surface area (Å²) in [4.78, 5) is 37.2. The van der Waals surface area contributed by atoms with Crippen molar-refractivity contribution in [2.24, 2.45) is 0 Å². The monoisotopic (exact) mass is 373 g/mol. The number of rotatable bonds is 6. The molecule has 0 aliphatic carbocycles. The van der Waals surface area contributed by atoms with Crippen molar-refractivity contribution in [3.05, 3.63) is 62.1 Å². The molecular weight excluding hydrogens is 354 g/mol. The fraction of sp³-hybridized carbons (Fsp3) is 0.278. The van der Waals surface area contributed by atoms with E-state index < -0.39 is 5.69 Å². The summed E-state index contributed by atoms with van der Waals surface area (Å²) < 4.78 is 8.08. The van der Waals surface area contributed by atoms with Crippen molar-refractivity contribution < 1.29 is 9.53 Å². The Kier molecular flexibility index (Phi) is 5.22. The SMILES string of the molecule is CCn1c(=O)c2sccc2n(CC(=O)NCc2ccc(OC)cc2)c1=O. The Morgan fingerprint density at radius 1 is 1.15 bits per heavy atom. The summed E-state index contributed by atoms with van der Waals surface area (Å²) in [5, 5.41) is 4.54. The standard InChI is InChI=1S/C18H19N3O4S/c1-3-20-17(23)16-14(8-9-26-16)21(18(20)24)11-15(22)19-10-12-4-6-13(25-2)7-5-12/h4-9H,3,10-11H2,1-2H3,(H,19,22). The van der Waals surface area contributed by atoms with Gasteiger partial charge in [-0.25, -0.2) is 4.79 Å². The second kappa shape index (κ2) is 7.57. The molecule has 0 aliphatic rings. The lowest BCUT2D eigenvalue weighted by atomic mass is 10.2. The molecule has 1 aromatic carbocycles. The second-order valence-electron chi connectivity index (χ2n) is 5.68. The molecule has 8 heteroatoms. The minimum Gasteiger partial charge on any atom is -0.497 e. The van der Waals surface area contributed by atoms with E-state index in [0.717, 1.165) is 15.9 Å². The average molecular weight is 373 g/mol. The predicted molar refractivity (Wildman–Crippen MR) is 101 cm³/mol. The number of nitrogens with one attached hydrogen (secondary N) is 1. The maximum Gasteiger partial charge on any atom is 0.331 e. The van der Waals surface area contributed by atoms with Crippen molar-refractivity contribution in [2.45, 2.75) is 26.6 Å². The molecule has 1 amide bonds. The maximum atomic E-state index is 12.5. The van der Waals surface area contributed by atoms with Crippen molar-refractivity contribution in [1.82, 2.24) is 14.5 Å². The van der Waals surface area contributed by atoms with Gasteiger partial charge in [0.1, 0.15) is 17.0 Å². The molecule has 0 aliphatic heterocycles. The van der Waals surface area contributed by atoms with Crippen molar-refractivity contribution in [1.29, 1.82) is 0 Å². The lowest BCUT2D eigenvalue weighted by Crippen LogP contribution is -2.41. The van der Waals surface area contributed by atoms with Crippen LogP contribution < -0.4 is 21.3 Å². The van der Waals surface area contributed by atoms with Crippen LogP contribution in [0.15, 0.2) is 45.3 Å². The number of nitrogens with zero attached hydrogens (tertiary/aromatic N) is 2. The van der Waals surface area contributed by atoms with Crippen LogP contribution >= 0.6 is 11.3 Å². The summed E-state index contributed by atoms with van der Waals surface area (Å²) in [6.45, 7) is 2.20. The van der Waals surface area contributed by atoms with E-state index in [2.05, 4.69) is 5.32 Å². The van der Waals surface area contributed by atoms with Gasteiger partial charge in [-0.2, -0.15) is 0 Å². The van der Waals surface area contributed by atoms with Crippen molar-refractivity contribution in [2.75, 3.05) is 7.11 Å². The van der Waals surface area contributed by atoms with Crippen molar-refractivity contribution in [3.8, 4) is 5.75 Å². The molecule has 0 bridgehead atoms. The molecule has 26 heavy (non-hydrogen) atoms. The first kappa shape index (κ1) is 17.9. The molecule has 1 N–H and O–H groups in total. The molecule has 0 saturated carbocycles. The van der Waals surface area contributed by atoms with Gasteiger partial charge in [-0.1, -0.05) is 12.1 Å². The highest BCUT2D eigenvalue weighted by molar-refractivity contribution is 7.17. The van der Waals surface area contributed by atoms with Crippen LogP contribution in [-0.4, -0.2) is 22.2 Å². The highest BCUT2D eigenvalue weighted by Crippen LogP contribution is 2.15. The Morgan fingerprint density at radius 2 is 1.88 bits per heavy atom. The second-order valence-corrected chi connectivity index (χ2v) is 6.59. The van der Waals surface area contributed by atoms with E-state index in [-0.39, 0.29) is 24.6 Å². The molecule has 0 fully saturated rings. The van der Waals surface area contributed by atoms with Gasteiger partial charge in [-0.15, -0.1) is 11.3 Å². The zero-order valence-corrected chi connectivity index (χ0v) is 15.3. The molecule has 136 valence electrons. The van der Waals surface area contributed by atoms with Crippen molar-refractivity contribution >= 4 is 27.5 Å². The molecule has 0 atom stereocenters. The van der Waals surface area contributed by atoms with Crippen LogP contribution in [0, 0.1) is 0 Å². The Morgan fingerprint density at radius 3 is 2.54 bits per heavy atom. The number of ether oxygens (including phenoxy) is 1. The minimum absolute atomic E-state index is 0.136. The minimum atomic E-state index is -0.469. The summed E-state index contributed by atoms with van der Waals surface area (Å²) in [6, 6.07) is 9.05. The van der Waals surface area contributed by atoms with E-state index in [9.17, 15) is 14.4 Å². The van der Waals surface area contributed by atoms with E-state index in [1.54, 1.807) is 25.5 Å². The third kappa shape index (κ3) is 3.41. The van der Waals surface area contributed by atoms with Crippen LogP contribution in [0.2, 0.25) is 0 Å². The normalized spacial score (nSPS) is 10.8. The van der Waals surface area contributed by atoms with E-state index in [4.69, 9.17) is 4.74 Å². The van der Waals surface area contributed by atoms with Gasteiger partial charge in [0.05, 0.1) is 12.6 Å². The van der Waals surface area contributed by atoms with Gasteiger partial charge in [0.25, 0.3) is 5.56 Å². The number of hydrogen-bond donors (Lipinski definition) is 1. The molecular formula is C18H19N3O4S. The molecule has 0 spiro atoms. The fourth-order valence-corrected chi connectivity index (χ4v) is 3.55. The summed E-state index contributed by atoms with van der Waals surface area (Å²) in [7, 11) is 1.59. The third-order valence-electron chi connectivity index (χ3n) is 4.10. The van der Waals surface area contributed by atoms with Crippen LogP contribution in [0.4, 0.5) is 0 Å². The van der Waals surface area contributed by atoms with Gasteiger partial charge >= 0.3 is 5.69 Å². The lowest BCUT2D eigenvalue weighted by molar-refractivity contribution is -0.121. The number of fused-ring (bicyclic) bond motifs is 1. The number of aromatic nitrogens is 2. The van der Waals surface area contributed by atoms with Gasteiger partial charge in [0.15, 0.2) is 0 Å². The first-order valence-electron chi connectivity index (χ1n) is 8.15. The quantitative estimate of drug-likeness (QED) is 0.711. The molecule has 3 aromatic rings. The summed E-state index contributed by atoms with van der Waals surface area (Å²) >= 11 is 1.27. The summed E-state index contributed by atoms with van der Waals surface area (Å²) in [5.41, 5.74) is 0.639. The number of amides is 1. The molecule has 0 unspecified atom stereocenters. The number of carbonyl (C=O) groups is 1. The third-order valence-corrected chi connectivity index (χ3v) is 4.99. The van der Waals surface area contributed by atoms with Crippen LogP contribution in [0.3, 0.4) is 0 Å². The fourth-order valence-electron chi connectivity index (χ4n) is 2.71. The van der Waals surface area contributed by atoms with Gasteiger partial charge < -0.3 is 10.1 Å². The molecule has 0 saturated heterocycles.